The van der Waals surface area contributed by atoms with Gasteiger partial charge in [0.05, 0.1) is 10.6 Å². The fourth-order valence-electron chi connectivity index (χ4n) is 3.65. The highest BCUT2D eigenvalue weighted by Gasteiger charge is 2.33. The summed E-state index contributed by atoms with van der Waals surface area (Å²) >= 11 is 0. The van der Waals surface area contributed by atoms with Crippen molar-refractivity contribution in [2.24, 2.45) is 5.16 Å². The Hall–Kier alpha value is -3.96. The third-order valence-corrected chi connectivity index (χ3v) is 5.60. The molecule has 11 nitrogen and oxygen atoms in total. The molecule has 3 heterocycles. The summed E-state index contributed by atoms with van der Waals surface area (Å²) in [6.07, 6.45) is 2.57. The summed E-state index contributed by atoms with van der Waals surface area (Å²) in [6, 6.07) is 5.66. The predicted molar refractivity (Wildman–Crippen MR) is 121 cm³/mol. The van der Waals surface area contributed by atoms with Crippen LogP contribution in [0.15, 0.2) is 40.3 Å². The minimum absolute atomic E-state index is 0.0795. The van der Waals surface area contributed by atoms with Crippen molar-refractivity contribution in [3.8, 4) is 5.88 Å². The number of nitro groups is 1. The molecule has 0 atom stereocenters. The van der Waals surface area contributed by atoms with E-state index in [1.54, 1.807) is 6.92 Å². The first-order valence-corrected chi connectivity index (χ1v) is 10.9. The van der Waals surface area contributed by atoms with Crippen LogP contribution in [0.2, 0.25) is 0 Å². The molecule has 0 N–H and O–H groups in total. The second kappa shape index (κ2) is 9.89. The van der Waals surface area contributed by atoms with Crippen molar-refractivity contribution in [3.63, 3.8) is 0 Å². The maximum atomic E-state index is 13.1. The van der Waals surface area contributed by atoms with Crippen LogP contribution in [0.3, 0.4) is 0 Å². The minimum atomic E-state index is -0.577. The molecule has 178 valence electrons. The summed E-state index contributed by atoms with van der Waals surface area (Å²) in [5, 5.41) is 19.9. The smallest absolute Gasteiger partial charge is 0.351 e. The van der Waals surface area contributed by atoms with Gasteiger partial charge in [-0.25, -0.2) is 9.37 Å². The molecule has 1 aliphatic heterocycles. The zero-order valence-corrected chi connectivity index (χ0v) is 19.0. The number of nitrogens with zero attached hydrogens (tertiary/aromatic N) is 7. The molecule has 0 saturated carbocycles. The Morgan fingerprint density at radius 3 is 2.59 bits per heavy atom. The number of hydrogen-bond donors (Lipinski definition) is 0. The fraction of sp³-hybridized carbons (Fsp3) is 0.409. The summed E-state index contributed by atoms with van der Waals surface area (Å²) in [4.78, 5) is 31.0. The Labute approximate surface area is 194 Å². The molecule has 0 bridgehead atoms. The Morgan fingerprint density at radius 1 is 1.26 bits per heavy atom. The van der Waals surface area contributed by atoms with E-state index < -0.39 is 4.92 Å². The molecule has 1 aliphatic rings. The largest absolute Gasteiger partial charge is 0.375 e. The lowest BCUT2D eigenvalue weighted by atomic mass is 9.96. The fourth-order valence-corrected chi connectivity index (χ4v) is 3.65. The number of halogens is 1. The highest BCUT2D eigenvalue weighted by molar-refractivity contribution is 5.98. The van der Waals surface area contributed by atoms with Crippen LogP contribution in [0.1, 0.15) is 62.7 Å². The zero-order valence-electron chi connectivity index (χ0n) is 19.0. The molecule has 0 amide bonds. The molecule has 34 heavy (non-hydrogen) atoms. The first-order valence-electron chi connectivity index (χ1n) is 10.9. The van der Waals surface area contributed by atoms with Gasteiger partial charge < -0.3 is 14.3 Å². The van der Waals surface area contributed by atoms with Crippen LogP contribution in [0.25, 0.3) is 0 Å². The third kappa shape index (κ3) is 5.00. The van der Waals surface area contributed by atoms with Crippen LogP contribution in [0.4, 0.5) is 15.9 Å². The van der Waals surface area contributed by atoms with Gasteiger partial charge in [-0.2, -0.15) is 9.97 Å². The van der Waals surface area contributed by atoms with E-state index in [4.69, 9.17) is 9.36 Å². The molecular formula is C22H24FN7O4. The van der Waals surface area contributed by atoms with Crippen LogP contribution in [-0.4, -0.2) is 43.8 Å². The maximum absolute atomic E-state index is 13.1. The minimum Gasteiger partial charge on any atom is -0.351 e. The Bertz CT molecular complexity index is 1190. The molecule has 12 heteroatoms. The Morgan fingerprint density at radius 2 is 1.97 bits per heavy atom. The van der Waals surface area contributed by atoms with Crippen molar-refractivity contribution in [1.82, 2.24) is 20.1 Å². The molecule has 1 saturated heterocycles. The second-order valence-electron chi connectivity index (χ2n) is 8.29. The molecule has 0 radical (unpaired) electrons. The molecule has 1 fully saturated rings. The maximum Gasteiger partial charge on any atom is 0.375 e. The number of oxime groups is 1. The van der Waals surface area contributed by atoms with Crippen LogP contribution in [0, 0.1) is 15.9 Å². The van der Waals surface area contributed by atoms with Gasteiger partial charge in [-0.3, -0.25) is 10.1 Å². The summed E-state index contributed by atoms with van der Waals surface area (Å²) in [5.74, 6) is 1.03. The van der Waals surface area contributed by atoms with E-state index in [-0.39, 0.29) is 35.0 Å². The molecular weight excluding hydrogens is 445 g/mol. The first kappa shape index (κ1) is 23.2. The van der Waals surface area contributed by atoms with Crippen LogP contribution in [0.5, 0.6) is 5.88 Å². The van der Waals surface area contributed by atoms with Crippen molar-refractivity contribution in [2.75, 3.05) is 18.0 Å². The second-order valence-corrected chi connectivity index (χ2v) is 8.29. The average molecular weight is 469 g/mol. The van der Waals surface area contributed by atoms with E-state index >= 15 is 0 Å². The van der Waals surface area contributed by atoms with Crippen molar-refractivity contribution in [3.05, 3.63) is 63.8 Å². The summed E-state index contributed by atoms with van der Waals surface area (Å²) in [5.41, 5.74) is 0.661. The lowest BCUT2D eigenvalue weighted by Gasteiger charge is -2.30. The molecule has 0 spiro atoms. The lowest BCUT2D eigenvalue weighted by Crippen LogP contribution is -2.34. The molecule has 0 unspecified atom stereocenters. The average Bonchev–Trinajstić information content (AvgIpc) is 3.33. The molecule has 1 aromatic carbocycles. The number of hydrogen-bond acceptors (Lipinski definition) is 10. The van der Waals surface area contributed by atoms with Gasteiger partial charge in [-0.05, 0) is 37.5 Å². The van der Waals surface area contributed by atoms with Gasteiger partial charge in [0, 0.05) is 24.9 Å². The molecule has 0 aliphatic carbocycles. The van der Waals surface area contributed by atoms with E-state index in [1.165, 1.54) is 30.6 Å². The van der Waals surface area contributed by atoms with Crippen molar-refractivity contribution in [1.29, 1.82) is 0 Å². The highest BCUT2D eigenvalue weighted by atomic mass is 19.1. The monoisotopic (exact) mass is 469 g/mol. The standard InChI is InChI=1S/C22H24FN7O4/c1-13(2)19-26-21(33-28-19)16-8-10-29(11-9-16)20-18(30(31)32)22(25-12-24-20)34-27-14(3)15-4-6-17(23)7-5-15/h4-7,12-13,16H,8-11H2,1-3H3. The normalized spacial score (nSPS) is 15.1. The van der Waals surface area contributed by atoms with Gasteiger partial charge in [-0.15, -0.1) is 0 Å². The van der Waals surface area contributed by atoms with Gasteiger partial charge in [0.15, 0.2) is 5.82 Å². The van der Waals surface area contributed by atoms with Gasteiger partial charge >= 0.3 is 11.6 Å². The van der Waals surface area contributed by atoms with Crippen LogP contribution in [-0.2, 0) is 0 Å². The van der Waals surface area contributed by atoms with Crippen LogP contribution >= 0.6 is 0 Å². The third-order valence-electron chi connectivity index (χ3n) is 5.60. The SMILES string of the molecule is CC(=NOc1ncnc(N2CCC(c3nc(C(C)C)no3)CC2)c1[N+](=O)[O-])c1ccc(F)cc1. The topological polar surface area (TPSA) is 133 Å². The summed E-state index contributed by atoms with van der Waals surface area (Å²) < 4.78 is 18.6. The van der Waals surface area contributed by atoms with E-state index in [0.29, 0.717) is 48.9 Å². The quantitative estimate of drug-likeness (QED) is 0.283. The van der Waals surface area contributed by atoms with Gasteiger partial charge in [0.1, 0.15) is 12.1 Å². The highest BCUT2D eigenvalue weighted by Crippen LogP contribution is 2.37. The lowest BCUT2D eigenvalue weighted by molar-refractivity contribution is -0.385. The zero-order chi connectivity index (χ0) is 24.2. The first-order chi connectivity index (χ1) is 16.3. The van der Waals surface area contributed by atoms with Crippen LogP contribution < -0.4 is 9.74 Å². The molecule has 2 aromatic heterocycles. The molecule has 3 aromatic rings. The number of aromatic nitrogens is 4. The van der Waals surface area contributed by atoms with E-state index in [1.807, 2.05) is 18.7 Å². The van der Waals surface area contributed by atoms with Gasteiger partial charge in [0.2, 0.25) is 11.7 Å². The van der Waals surface area contributed by atoms with E-state index in [0.717, 1.165) is 0 Å². The van der Waals surface area contributed by atoms with Gasteiger partial charge in [0.25, 0.3) is 0 Å². The summed E-state index contributed by atoms with van der Waals surface area (Å²) in [6.45, 7) is 6.67. The van der Waals surface area contributed by atoms with E-state index in [2.05, 4.69) is 25.3 Å². The number of benzene rings is 1. The number of rotatable bonds is 7. The predicted octanol–water partition coefficient (Wildman–Crippen LogP) is 4.22. The summed E-state index contributed by atoms with van der Waals surface area (Å²) in [7, 11) is 0. The van der Waals surface area contributed by atoms with Gasteiger partial charge in [-0.1, -0.05) is 36.3 Å². The Kier molecular flexibility index (Phi) is 6.75. The Balaban J connectivity index is 1.50. The van der Waals surface area contributed by atoms with Crippen molar-refractivity contribution < 1.29 is 18.7 Å². The number of anilines is 1. The number of piperidine rings is 1. The molecule has 4 rings (SSSR count). The van der Waals surface area contributed by atoms with Crippen molar-refractivity contribution >= 4 is 17.2 Å². The van der Waals surface area contributed by atoms with Crippen molar-refractivity contribution in [2.45, 2.75) is 45.4 Å². The van der Waals surface area contributed by atoms with E-state index in [9.17, 15) is 14.5 Å².